The van der Waals surface area contributed by atoms with Crippen LogP contribution >= 0.6 is 0 Å². The maximum absolute atomic E-state index is 12.2. The lowest BCUT2D eigenvalue weighted by atomic mass is 10.0. The summed E-state index contributed by atoms with van der Waals surface area (Å²) in [5.74, 6) is -0.142. The van der Waals surface area contributed by atoms with Gasteiger partial charge in [-0.2, -0.15) is 5.10 Å². The Labute approximate surface area is 147 Å². The Morgan fingerprint density at radius 3 is 2.32 bits per heavy atom. The van der Waals surface area contributed by atoms with Gasteiger partial charge < -0.3 is 10.2 Å². The van der Waals surface area contributed by atoms with E-state index in [1.165, 1.54) is 6.26 Å². The molecule has 1 amide bonds. The molecule has 2 aromatic rings. The number of aromatic nitrogens is 2. The summed E-state index contributed by atoms with van der Waals surface area (Å²) in [5, 5.41) is 7.14. The van der Waals surface area contributed by atoms with Crippen molar-refractivity contribution in [3.8, 4) is 0 Å². The predicted molar refractivity (Wildman–Crippen MR) is 95.5 cm³/mol. The van der Waals surface area contributed by atoms with E-state index in [2.05, 4.69) is 15.3 Å². The maximum Gasteiger partial charge on any atom is 0.271 e. The van der Waals surface area contributed by atoms with Gasteiger partial charge in [-0.05, 0) is 43.2 Å². The number of nitrogens with one attached hydrogen (secondary N) is 1. The Balaban J connectivity index is 1.56. The van der Waals surface area contributed by atoms with E-state index in [9.17, 15) is 13.2 Å². The number of benzene rings is 1. The first kappa shape index (κ1) is 17.5. The molecule has 134 valence electrons. The zero-order valence-corrected chi connectivity index (χ0v) is 15.2. The molecule has 1 aliphatic heterocycles. The number of anilines is 1. The van der Waals surface area contributed by atoms with Crippen LogP contribution in [0.4, 0.5) is 5.69 Å². The summed E-state index contributed by atoms with van der Waals surface area (Å²) in [6.45, 7) is 1.62. The van der Waals surface area contributed by atoms with E-state index < -0.39 is 9.84 Å². The van der Waals surface area contributed by atoms with Crippen molar-refractivity contribution in [1.82, 2.24) is 15.1 Å². The first-order chi connectivity index (χ1) is 11.8. The molecule has 1 saturated heterocycles. The lowest BCUT2D eigenvalue weighted by molar-refractivity contribution is 0.0925. The minimum Gasteiger partial charge on any atom is -0.371 e. The average Bonchev–Trinajstić information content (AvgIpc) is 3.02. The van der Waals surface area contributed by atoms with Crippen molar-refractivity contribution >= 4 is 21.4 Å². The normalized spacial score (nSPS) is 16.0. The second-order valence-electron chi connectivity index (χ2n) is 6.38. The maximum atomic E-state index is 12.2. The lowest BCUT2D eigenvalue weighted by Gasteiger charge is -2.34. The van der Waals surface area contributed by atoms with Crippen molar-refractivity contribution in [2.45, 2.75) is 23.8 Å². The number of hydrogen-bond donors (Lipinski definition) is 1. The van der Waals surface area contributed by atoms with E-state index in [0.29, 0.717) is 10.6 Å². The highest BCUT2D eigenvalue weighted by Crippen LogP contribution is 2.22. The molecule has 1 aromatic heterocycles. The lowest BCUT2D eigenvalue weighted by Crippen LogP contribution is -2.44. The Hall–Kier alpha value is -2.35. The Kier molecular flexibility index (Phi) is 4.80. The Morgan fingerprint density at radius 2 is 1.80 bits per heavy atom. The number of nitrogens with zero attached hydrogens (tertiary/aromatic N) is 3. The van der Waals surface area contributed by atoms with Crippen molar-refractivity contribution in [1.29, 1.82) is 0 Å². The summed E-state index contributed by atoms with van der Waals surface area (Å²) in [7, 11) is -1.39. The zero-order chi connectivity index (χ0) is 18.0. The molecule has 0 aliphatic carbocycles. The number of carbonyl (C=O) groups is 1. The molecular formula is C17H22N4O3S. The van der Waals surface area contributed by atoms with Gasteiger partial charge in [0.1, 0.15) is 5.69 Å². The molecular weight excluding hydrogens is 340 g/mol. The van der Waals surface area contributed by atoms with Crippen LogP contribution in [0.3, 0.4) is 0 Å². The quantitative estimate of drug-likeness (QED) is 0.884. The highest BCUT2D eigenvalue weighted by atomic mass is 32.2. The second kappa shape index (κ2) is 6.87. The molecule has 2 heterocycles. The van der Waals surface area contributed by atoms with Crippen LogP contribution in [-0.2, 0) is 16.9 Å². The Bertz CT molecular complexity index is 850. The van der Waals surface area contributed by atoms with E-state index in [-0.39, 0.29) is 11.9 Å². The summed E-state index contributed by atoms with van der Waals surface area (Å²) in [4.78, 5) is 14.7. The van der Waals surface area contributed by atoms with E-state index >= 15 is 0 Å². The van der Waals surface area contributed by atoms with Crippen LogP contribution in [0.2, 0.25) is 0 Å². The number of amides is 1. The number of sulfone groups is 1. The SMILES string of the molecule is Cn1ccc(C(=O)NC2CCN(c3ccc(S(C)(=O)=O)cc3)CC2)n1. The fourth-order valence-corrected chi connectivity index (χ4v) is 3.61. The van der Waals surface area contributed by atoms with Crippen LogP contribution in [0.5, 0.6) is 0 Å². The minimum atomic E-state index is -3.17. The van der Waals surface area contributed by atoms with Crippen molar-refractivity contribution in [2.24, 2.45) is 7.05 Å². The molecule has 1 fully saturated rings. The third kappa shape index (κ3) is 4.19. The third-order valence-corrected chi connectivity index (χ3v) is 5.53. The summed E-state index contributed by atoms with van der Waals surface area (Å²) < 4.78 is 24.7. The minimum absolute atomic E-state index is 0.126. The van der Waals surface area contributed by atoms with Gasteiger partial charge in [0.15, 0.2) is 9.84 Å². The largest absolute Gasteiger partial charge is 0.371 e. The van der Waals surface area contributed by atoms with E-state index in [0.717, 1.165) is 31.6 Å². The van der Waals surface area contributed by atoms with Crippen molar-refractivity contribution in [3.05, 3.63) is 42.2 Å². The molecule has 8 heteroatoms. The fourth-order valence-electron chi connectivity index (χ4n) is 2.98. The van der Waals surface area contributed by atoms with Crippen molar-refractivity contribution < 1.29 is 13.2 Å². The number of aryl methyl sites for hydroxylation is 1. The van der Waals surface area contributed by atoms with Gasteiger partial charge in [-0.25, -0.2) is 8.42 Å². The van der Waals surface area contributed by atoms with E-state index in [4.69, 9.17) is 0 Å². The van der Waals surface area contributed by atoms with Gasteiger partial charge >= 0.3 is 0 Å². The summed E-state index contributed by atoms with van der Waals surface area (Å²) in [6.07, 6.45) is 4.63. The van der Waals surface area contributed by atoms with Gasteiger partial charge in [0.2, 0.25) is 0 Å². The monoisotopic (exact) mass is 362 g/mol. The molecule has 0 atom stereocenters. The van der Waals surface area contributed by atoms with Gasteiger partial charge in [0.05, 0.1) is 4.90 Å². The first-order valence-electron chi connectivity index (χ1n) is 8.18. The van der Waals surface area contributed by atoms with Crippen LogP contribution in [0.15, 0.2) is 41.4 Å². The smallest absolute Gasteiger partial charge is 0.271 e. The highest BCUT2D eigenvalue weighted by Gasteiger charge is 2.22. The van der Waals surface area contributed by atoms with Crippen LogP contribution < -0.4 is 10.2 Å². The fraction of sp³-hybridized carbons (Fsp3) is 0.412. The molecule has 0 bridgehead atoms. The number of piperidine rings is 1. The van der Waals surface area contributed by atoms with Gasteiger partial charge in [0, 0.05) is 44.3 Å². The number of rotatable bonds is 4. The molecule has 0 radical (unpaired) electrons. The van der Waals surface area contributed by atoms with Crippen molar-refractivity contribution in [2.75, 3.05) is 24.2 Å². The number of carbonyl (C=O) groups excluding carboxylic acids is 1. The van der Waals surface area contributed by atoms with Crippen LogP contribution in [0.25, 0.3) is 0 Å². The second-order valence-corrected chi connectivity index (χ2v) is 8.39. The van der Waals surface area contributed by atoms with Gasteiger partial charge in [-0.1, -0.05) is 0 Å². The number of hydrogen-bond acceptors (Lipinski definition) is 5. The zero-order valence-electron chi connectivity index (χ0n) is 14.3. The first-order valence-corrected chi connectivity index (χ1v) is 10.1. The van der Waals surface area contributed by atoms with Gasteiger partial charge in [0.25, 0.3) is 5.91 Å². The molecule has 25 heavy (non-hydrogen) atoms. The van der Waals surface area contributed by atoms with Crippen LogP contribution in [0.1, 0.15) is 23.3 Å². The molecule has 1 N–H and O–H groups in total. The molecule has 1 aliphatic rings. The summed E-state index contributed by atoms with van der Waals surface area (Å²) in [6, 6.07) is 8.78. The van der Waals surface area contributed by atoms with Crippen LogP contribution in [-0.4, -0.2) is 49.5 Å². The van der Waals surface area contributed by atoms with Crippen molar-refractivity contribution in [3.63, 3.8) is 0 Å². The van der Waals surface area contributed by atoms with E-state index in [1.54, 1.807) is 36.1 Å². The van der Waals surface area contributed by atoms with Gasteiger partial charge in [-0.3, -0.25) is 9.48 Å². The third-order valence-electron chi connectivity index (χ3n) is 4.41. The topological polar surface area (TPSA) is 84.3 Å². The van der Waals surface area contributed by atoms with E-state index in [1.807, 2.05) is 12.1 Å². The molecule has 0 spiro atoms. The average molecular weight is 362 g/mol. The van der Waals surface area contributed by atoms with Crippen LogP contribution in [0, 0.1) is 0 Å². The standard InChI is InChI=1S/C17H22N4O3S/c1-20-10-9-16(19-20)17(22)18-13-7-11-21(12-8-13)14-3-5-15(6-4-14)25(2,23)24/h3-6,9-10,13H,7-8,11-12H2,1-2H3,(H,18,22). The molecule has 1 aromatic carbocycles. The molecule has 7 nitrogen and oxygen atoms in total. The molecule has 0 saturated carbocycles. The highest BCUT2D eigenvalue weighted by molar-refractivity contribution is 7.90. The summed E-state index contributed by atoms with van der Waals surface area (Å²) in [5.41, 5.74) is 1.43. The predicted octanol–water partition coefficient (Wildman–Crippen LogP) is 1.22. The van der Waals surface area contributed by atoms with Gasteiger partial charge in [-0.15, -0.1) is 0 Å². The Morgan fingerprint density at radius 1 is 1.16 bits per heavy atom. The molecule has 3 rings (SSSR count). The summed E-state index contributed by atoms with van der Waals surface area (Å²) >= 11 is 0. The molecule has 0 unspecified atom stereocenters.